The van der Waals surface area contributed by atoms with Gasteiger partial charge in [0.25, 0.3) is 11.8 Å². The molecule has 0 aliphatic carbocycles. The molecule has 0 aromatic heterocycles. The number of carbonyl (C=O) groups is 2. The van der Waals surface area contributed by atoms with E-state index in [-0.39, 0.29) is 18.4 Å². The van der Waals surface area contributed by atoms with Gasteiger partial charge in [-0.25, -0.2) is 0 Å². The van der Waals surface area contributed by atoms with Crippen LogP contribution in [0.5, 0.6) is 5.75 Å². The zero-order chi connectivity index (χ0) is 20.8. The molecule has 5 heteroatoms. The lowest BCUT2D eigenvalue weighted by atomic mass is 9.98. The van der Waals surface area contributed by atoms with Gasteiger partial charge in [-0.05, 0) is 54.5 Å². The number of anilines is 1. The third-order valence-corrected chi connectivity index (χ3v) is 5.36. The summed E-state index contributed by atoms with van der Waals surface area (Å²) >= 11 is 0. The summed E-state index contributed by atoms with van der Waals surface area (Å²) in [6.07, 6.45) is 2.08. The largest absolute Gasteiger partial charge is 0.483 e. The van der Waals surface area contributed by atoms with Crippen LogP contribution in [0.2, 0.25) is 0 Å². The summed E-state index contributed by atoms with van der Waals surface area (Å²) < 4.78 is 5.73. The summed E-state index contributed by atoms with van der Waals surface area (Å²) in [5.74, 6) is 1.48. The molecule has 0 saturated carbocycles. The molecule has 1 fully saturated rings. The van der Waals surface area contributed by atoms with Crippen LogP contribution in [-0.4, -0.2) is 36.4 Å². The highest BCUT2D eigenvalue weighted by Crippen LogP contribution is 2.26. The van der Waals surface area contributed by atoms with Crippen molar-refractivity contribution >= 4 is 17.5 Å². The molecule has 0 bridgehead atoms. The van der Waals surface area contributed by atoms with E-state index in [0.29, 0.717) is 23.1 Å². The molecule has 29 heavy (non-hydrogen) atoms. The van der Waals surface area contributed by atoms with Crippen LogP contribution in [0.25, 0.3) is 0 Å². The molecule has 2 amide bonds. The Balaban J connectivity index is 1.59. The molecule has 0 atom stereocenters. The van der Waals surface area contributed by atoms with Crippen LogP contribution in [0, 0.1) is 5.92 Å². The molecule has 1 saturated heterocycles. The Labute approximate surface area is 173 Å². The fraction of sp³-hybridized carbons (Fsp3) is 0.417. The van der Waals surface area contributed by atoms with E-state index < -0.39 is 0 Å². The monoisotopic (exact) mass is 394 g/mol. The van der Waals surface area contributed by atoms with Gasteiger partial charge < -0.3 is 15.0 Å². The lowest BCUT2D eigenvalue weighted by Gasteiger charge is -2.30. The molecule has 5 nitrogen and oxygen atoms in total. The lowest BCUT2D eigenvalue weighted by molar-refractivity contribution is -0.118. The SMILES string of the molecule is CC1CCN(C(=O)c2cccc(NC(=O)COc3ccccc3C(C)C)c2)CC1. The normalized spacial score (nSPS) is 14.7. The van der Waals surface area contributed by atoms with Crippen LogP contribution < -0.4 is 10.1 Å². The molecule has 1 heterocycles. The summed E-state index contributed by atoms with van der Waals surface area (Å²) in [5, 5.41) is 2.83. The number of nitrogens with one attached hydrogen (secondary N) is 1. The molecule has 2 aromatic rings. The Morgan fingerprint density at radius 3 is 2.55 bits per heavy atom. The number of likely N-dealkylation sites (tertiary alicyclic amines) is 1. The summed E-state index contributed by atoms with van der Waals surface area (Å²) in [5.41, 5.74) is 2.28. The van der Waals surface area contributed by atoms with Crippen LogP contribution in [0.3, 0.4) is 0 Å². The summed E-state index contributed by atoms with van der Waals surface area (Å²) in [6, 6.07) is 14.9. The first-order chi connectivity index (χ1) is 13.9. The van der Waals surface area contributed by atoms with E-state index in [1.165, 1.54) is 0 Å². The van der Waals surface area contributed by atoms with Gasteiger partial charge in [0.2, 0.25) is 0 Å². The van der Waals surface area contributed by atoms with Crippen molar-refractivity contribution in [2.24, 2.45) is 5.92 Å². The fourth-order valence-corrected chi connectivity index (χ4v) is 3.55. The Morgan fingerprint density at radius 1 is 1.10 bits per heavy atom. The highest BCUT2D eigenvalue weighted by Gasteiger charge is 2.21. The zero-order valence-corrected chi connectivity index (χ0v) is 17.5. The van der Waals surface area contributed by atoms with Crippen molar-refractivity contribution in [3.05, 3.63) is 59.7 Å². The van der Waals surface area contributed by atoms with Gasteiger partial charge in [0.15, 0.2) is 6.61 Å². The first-order valence-corrected chi connectivity index (χ1v) is 10.3. The lowest BCUT2D eigenvalue weighted by Crippen LogP contribution is -2.37. The predicted molar refractivity (Wildman–Crippen MR) is 115 cm³/mol. The molecule has 0 unspecified atom stereocenters. The molecule has 3 rings (SSSR count). The Kier molecular flexibility index (Phi) is 6.91. The number of rotatable bonds is 6. The van der Waals surface area contributed by atoms with E-state index in [9.17, 15) is 9.59 Å². The smallest absolute Gasteiger partial charge is 0.262 e. The molecule has 0 radical (unpaired) electrons. The predicted octanol–water partition coefficient (Wildman–Crippen LogP) is 4.70. The fourth-order valence-electron chi connectivity index (χ4n) is 3.55. The van der Waals surface area contributed by atoms with Crippen molar-refractivity contribution in [2.45, 2.75) is 39.5 Å². The van der Waals surface area contributed by atoms with Crippen LogP contribution in [0.4, 0.5) is 5.69 Å². The molecule has 1 N–H and O–H groups in total. The number of ether oxygens (including phenoxy) is 1. The summed E-state index contributed by atoms with van der Waals surface area (Å²) in [4.78, 5) is 27.0. The van der Waals surface area contributed by atoms with Gasteiger partial charge in [-0.1, -0.05) is 45.0 Å². The third-order valence-electron chi connectivity index (χ3n) is 5.36. The highest BCUT2D eigenvalue weighted by atomic mass is 16.5. The van der Waals surface area contributed by atoms with E-state index in [0.717, 1.165) is 37.2 Å². The van der Waals surface area contributed by atoms with Crippen molar-refractivity contribution in [1.29, 1.82) is 0 Å². The average molecular weight is 395 g/mol. The number of amides is 2. The van der Waals surface area contributed by atoms with Gasteiger partial charge >= 0.3 is 0 Å². The maximum Gasteiger partial charge on any atom is 0.262 e. The minimum atomic E-state index is -0.250. The Morgan fingerprint density at radius 2 is 1.83 bits per heavy atom. The Hall–Kier alpha value is -2.82. The van der Waals surface area contributed by atoms with Gasteiger partial charge in [0.1, 0.15) is 5.75 Å². The van der Waals surface area contributed by atoms with Crippen LogP contribution >= 0.6 is 0 Å². The number of nitrogens with zero attached hydrogens (tertiary/aromatic N) is 1. The topological polar surface area (TPSA) is 58.6 Å². The van der Waals surface area contributed by atoms with E-state index in [4.69, 9.17) is 4.74 Å². The van der Waals surface area contributed by atoms with Crippen LogP contribution in [-0.2, 0) is 4.79 Å². The molecule has 0 spiro atoms. The van der Waals surface area contributed by atoms with Crippen LogP contribution in [0.15, 0.2) is 48.5 Å². The summed E-state index contributed by atoms with van der Waals surface area (Å²) in [6.45, 7) is 7.91. The second-order valence-corrected chi connectivity index (χ2v) is 8.08. The van der Waals surface area contributed by atoms with Gasteiger partial charge in [-0.2, -0.15) is 0 Å². The first-order valence-electron chi connectivity index (χ1n) is 10.3. The highest BCUT2D eigenvalue weighted by molar-refractivity contribution is 5.97. The first kappa shape index (κ1) is 20.9. The zero-order valence-electron chi connectivity index (χ0n) is 17.5. The number of hydrogen-bond acceptors (Lipinski definition) is 3. The standard InChI is InChI=1S/C24H30N2O3/c1-17(2)21-9-4-5-10-22(21)29-16-23(27)25-20-8-6-7-19(15-20)24(28)26-13-11-18(3)12-14-26/h4-10,15,17-18H,11-14,16H2,1-3H3,(H,25,27). The van der Waals surface area contributed by atoms with Crippen molar-refractivity contribution < 1.29 is 14.3 Å². The van der Waals surface area contributed by atoms with Gasteiger partial charge in [0, 0.05) is 24.3 Å². The van der Waals surface area contributed by atoms with Gasteiger partial charge in [-0.15, -0.1) is 0 Å². The third kappa shape index (κ3) is 5.59. The maximum absolute atomic E-state index is 12.7. The molecule has 154 valence electrons. The van der Waals surface area contributed by atoms with Crippen LogP contribution in [0.1, 0.15) is 55.5 Å². The molecular weight excluding hydrogens is 364 g/mol. The number of hydrogen-bond donors (Lipinski definition) is 1. The van der Waals surface area contributed by atoms with Crippen molar-refractivity contribution in [3.8, 4) is 5.75 Å². The maximum atomic E-state index is 12.7. The van der Waals surface area contributed by atoms with Crippen molar-refractivity contribution in [2.75, 3.05) is 25.0 Å². The van der Waals surface area contributed by atoms with E-state index in [2.05, 4.69) is 26.1 Å². The minimum Gasteiger partial charge on any atom is -0.483 e. The second kappa shape index (κ2) is 9.59. The van der Waals surface area contributed by atoms with Crippen molar-refractivity contribution in [3.63, 3.8) is 0 Å². The van der Waals surface area contributed by atoms with Crippen molar-refractivity contribution in [1.82, 2.24) is 4.90 Å². The number of piperidine rings is 1. The average Bonchev–Trinajstić information content (AvgIpc) is 2.72. The molecule has 1 aliphatic heterocycles. The number of benzene rings is 2. The second-order valence-electron chi connectivity index (χ2n) is 8.08. The molecular formula is C24H30N2O3. The van der Waals surface area contributed by atoms with Gasteiger partial charge in [-0.3, -0.25) is 9.59 Å². The van der Waals surface area contributed by atoms with E-state index in [1.807, 2.05) is 29.2 Å². The molecule has 2 aromatic carbocycles. The quantitative estimate of drug-likeness (QED) is 0.773. The number of carbonyl (C=O) groups excluding carboxylic acids is 2. The Bertz CT molecular complexity index is 855. The van der Waals surface area contributed by atoms with E-state index in [1.54, 1.807) is 24.3 Å². The van der Waals surface area contributed by atoms with E-state index >= 15 is 0 Å². The van der Waals surface area contributed by atoms with Gasteiger partial charge in [0.05, 0.1) is 0 Å². The number of para-hydroxylation sites is 1. The summed E-state index contributed by atoms with van der Waals surface area (Å²) in [7, 11) is 0. The molecule has 1 aliphatic rings. The minimum absolute atomic E-state index is 0.0232.